The van der Waals surface area contributed by atoms with Gasteiger partial charge in [-0.2, -0.15) is 4.98 Å². The van der Waals surface area contributed by atoms with Crippen LogP contribution in [0.1, 0.15) is 32.4 Å². The minimum absolute atomic E-state index is 0.0569. The van der Waals surface area contributed by atoms with Gasteiger partial charge in [0.25, 0.3) is 5.56 Å². The lowest BCUT2D eigenvalue weighted by atomic mass is 10.1. The van der Waals surface area contributed by atoms with E-state index in [-0.39, 0.29) is 36.9 Å². The fourth-order valence-corrected chi connectivity index (χ4v) is 5.74. The summed E-state index contributed by atoms with van der Waals surface area (Å²) in [6, 6.07) is 11.2. The Morgan fingerprint density at radius 1 is 1.09 bits per heavy atom. The Labute approximate surface area is 246 Å². The summed E-state index contributed by atoms with van der Waals surface area (Å²) in [6.45, 7) is 4.40. The summed E-state index contributed by atoms with van der Waals surface area (Å²) < 4.78 is 9.22. The van der Waals surface area contributed by atoms with Gasteiger partial charge in [0.05, 0.1) is 36.4 Å². The van der Waals surface area contributed by atoms with Crippen LogP contribution in [0.2, 0.25) is 0 Å². The van der Waals surface area contributed by atoms with Gasteiger partial charge in [0.1, 0.15) is 6.54 Å². The number of carbonyl (C=O) groups is 1. The van der Waals surface area contributed by atoms with Gasteiger partial charge in [-0.25, -0.2) is 4.79 Å². The van der Waals surface area contributed by atoms with Gasteiger partial charge in [-0.3, -0.25) is 33.3 Å². The Balaban J connectivity index is 1.62. The third-order valence-corrected chi connectivity index (χ3v) is 7.68. The summed E-state index contributed by atoms with van der Waals surface area (Å²) in [4.78, 5) is 57.3. The van der Waals surface area contributed by atoms with E-state index in [1.54, 1.807) is 30.7 Å². The molecule has 5 aromatic rings. The number of imidazole rings is 1. The van der Waals surface area contributed by atoms with Crippen LogP contribution in [0.3, 0.4) is 0 Å². The van der Waals surface area contributed by atoms with E-state index in [0.717, 1.165) is 33.7 Å². The van der Waals surface area contributed by atoms with Crippen molar-refractivity contribution < 1.29 is 9.53 Å². The summed E-state index contributed by atoms with van der Waals surface area (Å²) in [5, 5.41) is 1.59. The number of hydrogen-bond acceptors (Lipinski definition) is 9. The van der Waals surface area contributed by atoms with Crippen molar-refractivity contribution >= 4 is 44.9 Å². The molecule has 6 rings (SSSR count). The molecule has 2 N–H and O–H groups in total. The highest BCUT2D eigenvalue weighted by Gasteiger charge is 2.28. The fraction of sp³-hybridized carbons (Fsp3) is 0.355. The van der Waals surface area contributed by atoms with Gasteiger partial charge in [0.15, 0.2) is 11.2 Å². The smallest absolute Gasteiger partial charge is 0.333 e. The first kappa shape index (κ1) is 28.1. The van der Waals surface area contributed by atoms with Crippen LogP contribution in [0.15, 0.2) is 52.2 Å². The molecule has 1 atom stereocenters. The molecule has 12 heteroatoms. The van der Waals surface area contributed by atoms with Gasteiger partial charge < -0.3 is 15.4 Å². The van der Waals surface area contributed by atoms with E-state index in [4.69, 9.17) is 20.4 Å². The van der Waals surface area contributed by atoms with Crippen molar-refractivity contribution in [2.75, 3.05) is 24.6 Å². The van der Waals surface area contributed by atoms with Gasteiger partial charge in [-0.05, 0) is 44.9 Å². The first-order chi connectivity index (χ1) is 20.9. The van der Waals surface area contributed by atoms with Crippen molar-refractivity contribution in [3.63, 3.8) is 0 Å². The maximum absolute atomic E-state index is 14.3. The monoisotopic (exact) mass is 580 g/mol. The topological polar surface area (TPSA) is 143 Å². The molecule has 43 heavy (non-hydrogen) atoms. The molecule has 0 spiro atoms. The van der Waals surface area contributed by atoms with Crippen LogP contribution < -0.4 is 21.9 Å². The number of piperidine rings is 1. The van der Waals surface area contributed by atoms with E-state index in [0.29, 0.717) is 30.2 Å². The van der Waals surface area contributed by atoms with Crippen molar-refractivity contribution in [2.24, 2.45) is 5.73 Å². The number of esters is 1. The molecule has 220 valence electrons. The molecule has 1 aromatic carbocycles. The van der Waals surface area contributed by atoms with Crippen LogP contribution in [-0.4, -0.2) is 60.4 Å². The zero-order chi connectivity index (χ0) is 30.1. The molecule has 0 amide bonds. The average molecular weight is 581 g/mol. The summed E-state index contributed by atoms with van der Waals surface area (Å²) in [5.74, 6) is 5.79. The van der Waals surface area contributed by atoms with E-state index in [9.17, 15) is 14.4 Å². The van der Waals surface area contributed by atoms with Crippen molar-refractivity contribution in [2.45, 2.75) is 52.4 Å². The second kappa shape index (κ2) is 11.7. The normalized spacial score (nSPS) is 15.1. The van der Waals surface area contributed by atoms with E-state index in [1.165, 1.54) is 4.57 Å². The minimum atomic E-state index is -0.689. The zero-order valence-corrected chi connectivity index (χ0v) is 24.1. The average Bonchev–Trinajstić information content (AvgIpc) is 3.40. The van der Waals surface area contributed by atoms with Crippen molar-refractivity contribution in [3.05, 3.63) is 69.1 Å². The van der Waals surface area contributed by atoms with Gasteiger partial charge in [0, 0.05) is 36.1 Å². The number of para-hydroxylation sites is 1. The fourth-order valence-electron chi connectivity index (χ4n) is 5.74. The number of benzene rings is 1. The Morgan fingerprint density at radius 3 is 2.70 bits per heavy atom. The Bertz CT molecular complexity index is 2050. The molecular weight excluding hydrogens is 548 g/mol. The number of aromatic nitrogens is 6. The molecule has 1 unspecified atom stereocenters. The lowest BCUT2D eigenvalue weighted by molar-refractivity contribution is -0.143. The molecule has 4 aromatic heterocycles. The number of anilines is 1. The predicted octanol–water partition coefficient (Wildman–Crippen LogP) is 2.02. The second-order valence-electron chi connectivity index (χ2n) is 10.5. The second-order valence-corrected chi connectivity index (χ2v) is 10.5. The Kier molecular flexibility index (Phi) is 7.65. The minimum Gasteiger partial charge on any atom is -0.465 e. The summed E-state index contributed by atoms with van der Waals surface area (Å²) in [7, 11) is 0. The molecule has 1 aliphatic rings. The first-order valence-electron chi connectivity index (χ1n) is 14.3. The molecule has 0 aliphatic carbocycles. The molecule has 1 fully saturated rings. The summed E-state index contributed by atoms with van der Waals surface area (Å²) in [5.41, 5.74) is 7.23. The molecule has 12 nitrogen and oxygen atoms in total. The third-order valence-electron chi connectivity index (χ3n) is 7.68. The van der Waals surface area contributed by atoms with Gasteiger partial charge in [-0.15, -0.1) is 5.92 Å². The number of hydrogen-bond donors (Lipinski definition) is 1. The van der Waals surface area contributed by atoms with Gasteiger partial charge in [-0.1, -0.05) is 24.1 Å². The van der Waals surface area contributed by atoms with E-state index in [1.807, 2.05) is 35.2 Å². The number of ether oxygens (including phenoxy) is 1. The summed E-state index contributed by atoms with van der Waals surface area (Å²) >= 11 is 0. The molecule has 1 aliphatic heterocycles. The maximum Gasteiger partial charge on any atom is 0.333 e. The number of carbonyl (C=O) groups excluding carboxylic acids is 1. The van der Waals surface area contributed by atoms with Crippen LogP contribution in [0.25, 0.3) is 33.0 Å². The molecule has 0 radical (unpaired) electrons. The van der Waals surface area contributed by atoms with Crippen LogP contribution >= 0.6 is 0 Å². The van der Waals surface area contributed by atoms with Crippen LogP contribution in [0, 0.1) is 11.8 Å². The van der Waals surface area contributed by atoms with Crippen molar-refractivity contribution in [3.8, 4) is 11.8 Å². The predicted molar refractivity (Wildman–Crippen MR) is 164 cm³/mol. The van der Waals surface area contributed by atoms with Crippen LogP contribution in [0.5, 0.6) is 0 Å². The number of nitrogens with zero attached hydrogens (tertiary/aromatic N) is 7. The lowest BCUT2D eigenvalue weighted by Gasteiger charge is -2.31. The highest BCUT2D eigenvalue weighted by Crippen LogP contribution is 2.26. The van der Waals surface area contributed by atoms with E-state index in [2.05, 4.69) is 16.8 Å². The number of pyridine rings is 2. The molecule has 0 bridgehead atoms. The maximum atomic E-state index is 14.3. The number of nitrogens with two attached hydrogens (primary N) is 1. The standard InChI is InChI=1S/C31H32N8O4/c1-3-5-16-37-27-28(35-30(37)36-15-9-10-20(32)17-36)38(19-25(40)43-4-2)31(42)39(29(27)41)18-24-22-12-8-14-33-26(22)21-11-6-7-13-23(21)34-24/h6-8,11-14,20H,4,9-10,15-19,32H2,1-2H3. The Morgan fingerprint density at radius 2 is 1.91 bits per heavy atom. The number of fused-ring (bicyclic) bond motifs is 4. The van der Waals surface area contributed by atoms with E-state index < -0.39 is 23.8 Å². The van der Waals surface area contributed by atoms with Crippen LogP contribution in [0.4, 0.5) is 5.95 Å². The quantitative estimate of drug-likeness (QED) is 0.174. The first-order valence-corrected chi connectivity index (χ1v) is 14.3. The molecule has 0 saturated carbocycles. The largest absolute Gasteiger partial charge is 0.465 e. The van der Waals surface area contributed by atoms with Crippen LogP contribution in [-0.2, 0) is 29.2 Å². The summed E-state index contributed by atoms with van der Waals surface area (Å²) in [6.07, 6.45) is 3.44. The molecule has 5 heterocycles. The Hall–Kier alpha value is -5.02. The highest BCUT2D eigenvalue weighted by atomic mass is 16.5. The number of rotatable bonds is 7. The van der Waals surface area contributed by atoms with Gasteiger partial charge >= 0.3 is 11.7 Å². The molecule has 1 saturated heterocycles. The van der Waals surface area contributed by atoms with E-state index >= 15 is 0 Å². The van der Waals surface area contributed by atoms with Gasteiger partial charge in [0.2, 0.25) is 5.95 Å². The molecular formula is C31H32N8O4. The van der Waals surface area contributed by atoms with Crippen molar-refractivity contribution in [1.29, 1.82) is 0 Å². The SMILES string of the molecule is CC#CCn1c(N2CCCC(N)C2)nc2c1c(=O)n(Cc1nc3ccccc3c3ncccc13)c(=O)n2CC(=O)OCC. The van der Waals surface area contributed by atoms with Crippen molar-refractivity contribution in [1.82, 2.24) is 28.7 Å². The lowest BCUT2D eigenvalue weighted by Crippen LogP contribution is -2.44. The highest BCUT2D eigenvalue weighted by molar-refractivity contribution is 6.04. The zero-order valence-electron chi connectivity index (χ0n) is 24.1. The third kappa shape index (κ3) is 5.12.